The van der Waals surface area contributed by atoms with Crippen LogP contribution in [0.1, 0.15) is 70.4 Å². The number of rotatable bonds is 6. The lowest BCUT2D eigenvalue weighted by molar-refractivity contribution is -0.0399. The van der Waals surface area contributed by atoms with Gasteiger partial charge in [-0.15, -0.1) is 0 Å². The molecular formula is C29H38O4S2. The van der Waals surface area contributed by atoms with Crippen LogP contribution in [0, 0.1) is 22.2 Å². The first-order valence-corrected chi connectivity index (χ1v) is 16.3. The Morgan fingerprint density at radius 1 is 0.714 bits per heavy atom. The lowest BCUT2D eigenvalue weighted by Gasteiger charge is -2.58. The molecule has 190 valence electrons. The lowest BCUT2D eigenvalue weighted by atomic mass is 9.50. The second kappa shape index (κ2) is 8.44. The van der Waals surface area contributed by atoms with Gasteiger partial charge < -0.3 is 0 Å². The minimum absolute atomic E-state index is 0.0613. The Bertz CT molecular complexity index is 1280. The molecule has 3 aliphatic rings. The quantitative estimate of drug-likeness (QED) is 0.476. The molecule has 3 fully saturated rings. The van der Waals surface area contributed by atoms with Crippen LogP contribution < -0.4 is 0 Å². The molecule has 1 spiro atoms. The molecule has 0 radical (unpaired) electrons. The number of benzene rings is 2. The van der Waals surface area contributed by atoms with Crippen LogP contribution in [0.2, 0.25) is 0 Å². The van der Waals surface area contributed by atoms with E-state index in [9.17, 15) is 16.8 Å². The van der Waals surface area contributed by atoms with E-state index in [0.29, 0.717) is 31.6 Å². The van der Waals surface area contributed by atoms with E-state index in [4.69, 9.17) is 0 Å². The molecule has 0 aromatic heterocycles. The Morgan fingerprint density at radius 2 is 1.23 bits per heavy atom. The normalized spacial score (nSPS) is 34.3. The first kappa shape index (κ1) is 25.0. The fourth-order valence-corrected chi connectivity index (χ4v) is 13.4. The third kappa shape index (κ3) is 4.29. The summed E-state index contributed by atoms with van der Waals surface area (Å²) in [7, 11) is -6.75. The van der Waals surface area contributed by atoms with E-state index in [2.05, 4.69) is 20.8 Å². The maximum absolute atomic E-state index is 13.9. The highest BCUT2D eigenvalue weighted by Crippen LogP contribution is 2.70. The Balaban J connectivity index is 1.48. The maximum Gasteiger partial charge on any atom is 0.157 e. The molecule has 5 atom stereocenters. The smallest absolute Gasteiger partial charge is 0.157 e. The van der Waals surface area contributed by atoms with Crippen molar-refractivity contribution in [2.75, 3.05) is 0 Å². The van der Waals surface area contributed by atoms with Crippen molar-refractivity contribution >= 4 is 19.7 Å². The van der Waals surface area contributed by atoms with Gasteiger partial charge in [-0.3, -0.25) is 0 Å². The van der Waals surface area contributed by atoms with Gasteiger partial charge in [-0.2, -0.15) is 0 Å². The maximum atomic E-state index is 13.9. The van der Waals surface area contributed by atoms with Crippen molar-refractivity contribution in [3.63, 3.8) is 0 Å². The molecule has 5 rings (SSSR count). The van der Waals surface area contributed by atoms with Crippen molar-refractivity contribution in [3.8, 4) is 0 Å². The van der Waals surface area contributed by atoms with Crippen LogP contribution in [0.5, 0.6) is 0 Å². The zero-order chi connectivity index (χ0) is 25.1. The fourth-order valence-electron chi connectivity index (χ4n) is 8.41. The zero-order valence-corrected chi connectivity index (χ0v) is 22.7. The molecule has 6 heteroatoms. The lowest BCUT2D eigenvalue weighted by Crippen LogP contribution is -2.57. The first-order valence-electron chi connectivity index (χ1n) is 12.9. The molecule has 0 heterocycles. The van der Waals surface area contributed by atoms with Gasteiger partial charge in [0.05, 0.1) is 22.0 Å². The Hall–Kier alpha value is -1.66. The Labute approximate surface area is 211 Å². The molecule has 2 aromatic carbocycles. The topological polar surface area (TPSA) is 68.3 Å². The minimum Gasteiger partial charge on any atom is -0.228 e. The number of fused-ring (bicyclic) bond motifs is 1. The van der Waals surface area contributed by atoms with E-state index >= 15 is 0 Å². The zero-order valence-electron chi connectivity index (χ0n) is 21.1. The van der Waals surface area contributed by atoms with E-state index < -0.39 is 30.2 Å². The van der Waals surface area contributed by atoms with Crippen LogP contribution in [-0.2, 0) is 31.2 Å². The Kier molecular flexibility index (Phi) is 6.03. The van der Waals surface area contributed by atoms with Crippen molar-refractivity contribution < 1.29 is 16.8 Å². The largest absolute Gasteiger partial charge is 0.228 e. The highest BCUT2D eigenvalue weighted by molar-refractivity contribution is 7.91. The number of hydrogen-bond donors (Lipinski definition) is 0. The van der Waals surface area contributed by atoms with Crippen LogP contribution in [0.25, 0.3) is 0 Å². The van der Waals surface area contributed by atoms with Gasteiger partial charge in [-0.25, -0.2) is 16.8 Å². The second-order valence-electron chi connectivity index (χ2n) is 12.4. The number of sulfone groups is 2. The standard InChI is InChI=1S/C29H38O4S2/c1-27(2)18-26(35(32,33)20-23-12-8-5-9-13-23)29-17-15-25(28(3,21-29)16-14-24(27)29)34(30,31)19-22-10-6-4-7-11-22/h4-13,24-26H,14-21H2,1-3H3/t24-,25+,26-,28+,29-/m0/s1. The fraction of sp³-hybridized carbons (Fsp3) is 0.586. The molecule has 4 nitrogen and oxygen atoms in total. The predicted octanol–water partition coefficient (Wildman–Crippen LogP) is 5.97. The molecule has 3 saturated carbocycles. The van der Waals surface area contributed by atoms with Gasteiger partial charge in [0.25, 0.3) is 0 Å². The van der Waals surface area contributed by atoms with Crippen molar-refractivity contribution in [2.45, 2.75) is 81.3 Å². The van der Waals surface area contributed by atoms with Gasteiger partial charge in [0, 0.05) is 0 Å². The van der Waals surface area contributed by atoms with Gasteiger partial charge in [0.2, 0.25) is 0 Å². The highest BCUT2D eigenvalue weighted by atomic mass is 32.2. The van der Waals surface area contributed by atoms with Gasteiger partial charge in [-0.05, 0) is 71.8 Å². The van der Waals surface area contributed by atoms with Gasteiger partial charge in [0.1, 0.15) is 0 Å². The molecule has 0 saturated heterocycles. The van der Waals surface area contributed by atoms with Crippen LogP contribution in [0.3, 0.4) is 0 Å². The van der Waals surface area contributed by atoms with Crippen molar-refractivity contribution in [2.24, 2.45) is 22.2 Å². The van der Waals surface area contributed by atoms with E-state index in [1.807, 2.05) is 60.7 Å². The van der Waals surface area contributed by atoms with Crippen molar-refractivity contribution in [1.29, 1.82) is 0 Å². The Morgan fingerprint density at radius 3 is 1.77 bits per heavy atom. The van der Waals surface area contributed by atoms with E-state index in [1.54, 1.807) is 0 Å². The second-order valence-corrected chi connectivity index (χ2v) is 16.8. The molecule has 3 aliphatic carbocycles. The summed E-state index contributed by atoms with van der Waals surface area (Å²) < 4.78 is 55.2. The summed E-state index contributed by atoms with van der Waals surface area (Å²) in [5, 5.41) is -0.824. The molecule has 0 aliphatic heterocycles. The van der Waals surface area contributed by atoms with Crippen LogP contribution >= 0.6 is 0 Å². The summed E-state index contributed by atoms with van der Waals surface area (Å²) in [6, 6.07) is 18.9. The third-order valence-corrected chi connectivity index (χ3v) is 14.3. The summed E-state index contributed by atoms with van der Waals surface area (Å²) in [5.41, 5.74) is 0.885. The summed E-state index contributed by atoms with van der Waals surface area (Å²) in [6.07, 6.45) is 4.39. The average molecular weight is 515 g/mol. The summed E-state index contributed by atoms with van der Waals surface area (Å²) >= 11 is 0. The van der Waals surface area contributed by atoms with Gasteiger partial charge >= 0.3 is 0 Å². The third-order valence-electron chi connectivity index (χ3n) is 9.66. The summed E-state index contributed by atoms with van der Waals surface area (Å²) in [4.78, 5) is 0. The van der Waals surface area contributed by atoms with Gasteiger partial charge in [-0.1, -0.05) is 81.4 Å². The van der Waals surface area contributed by atoms with E-state index in [1.165, 1.54) is 0 Å². The van der Waals surface area contributed by atoms with Gasteiger partial charge in [0.15, 0.2) is 19.7 Å². The molecule has 35 heavy (non-hydrogen) atoms. The van der Waals surface area contributed by atoms with Crippen molar-refractivity contribution in [1.82, 2.24) is 0 Å². The van der Waals surface area contributed by atoms with Crippen molar-refractivity contribution in [3.05, 3.63) is 71.8 Å². The first-order chi connectivity index (χ1) is 16.4. The van der Waals surface area contributed by atoms with Crippen LogP contribution in [-0.4, -0.2) is 27.3 Å². The van der Waals surface area contributed by atoms with Crippen LogP contribution in [0.4, 0.5) is 0 Å². The number of hydrogen-bond acceptors (Lipinski definition) is 4. The summed E-state index contributed by atoms with van der Waals surface area (Å²) in [5.74, 6) is 0.442. The minimum atomic E-state index is -3.39. The monoisotopic (exact) mass is 514 g/mol. The van der Waals surface area contributed by atoms with Crippen LogP contribution in [0.15, 0.2) is 60.7 Å². The molecular weight excluding hydrogens is 476 g/mol. The molecule has 0 unspecified atom stereocenters. The predicted molar refractivity (Wildman–Crippen MR) is 141 cm³/mol. The SMILES string of the molecule is CC1(C)C[C@H](S(=O)(=O)Cc2ccccc2)[C@]23CC[C@@H](S(=O)(=O)Cc4ccccc4)[C@](C)(CC[C@@H]12)C3. The molecule has 0 N–H and O–H groups in total. The molecule has 2 aromatic rings. The van der Waals surface area contributed by atoms with E-state index in [-0.39, 0.29) is 27.8 Å². The van der Waals surface area contributed by atoms with E-state index in [0.717, 1.165) is 24.0 Å². The summed E-state index contributed by atoms with van der Waals surface area (Å²) in [6.45, 7) is 6.60. The average Bonchev–Trinajstić information content (AvgIpc) is 3.00. The molecule has 2 bridgehead atoms. The molecule has 0 amide bonds. The highest BCUT2D eigenvalue weighted by Gasteiger charge is 2.68.